The number of nitrogens with zero attached hydrogens (tertiary/aromatic N) is 1. The molecule has 20 heavy (non-hydrogen) atoms. The Kier molecular flexibility index (Phi) is 6.41. The van der Waals surface area contributed by atoms with Crippen molar-refractivity contribution in [2.45, 2.75) is 18.9 Å². The van der Waals surface area contributed by atoms with E-state index in [0.29, 0.717) is 18.6 Å². The number of rotatable bonds is 8. The van der Waals surface area contributed by atoms with Crippen LogP contribution in [0, 0.1) is 10.1 Å². The van der Waals surface area contributed by atoms with E-state index in [1.807, 2.05) is 0 Å². The van der Waals surface area contributed by atoms with E-state index in [9.17, 15) is 14.9 Å². The molecule has 110 valence electrons. The van der Waals surface area contributed by atoms with Crippen LogP contribution in [0.15, 0.2) is 24.3 Å². The second-order valence-corrected chi connectivity index (χ2v) is 4.01. The second-order valence-electron chi connectivity index (χ2n) is 4.01. The highest BCUT2D eigenvalue weighted by molar-refractivity contribution is 5.78. The Balaban J connectivity index is 2.40. The SMILES string of the molecule is NC(CO)C(=O)Oc1ccc(CCCO[N+](=O)[O-])cc1. The van der Waals surface area contributed by atoms with Crippen LogP contribution in [-0.4, -0.2) is 35.4 Å². The number of aryl methyl sites for hydroxylation is 1. The first-order valence-electron chi connectivity index (χ1n) is 5.97. The lowest BCUT2D eigenvalue weighted by Gasteiger charge is -2.09. The third-order valence-corrected chi connectivity index (χ3v) is 2.45. The largest absolute Gasteiger partial charge is 0.425 e. The van der Waals surface area contributed by atoms with E-state index in [1.165, 1.54) is 0 Å². The zero-order valence-corrected chi connectivity index (χ0v) is 10.7. The van der Waals surface area contributed by atoms with Gasteiger partial charge < -0.3 is 20.4 Å². The summed E-state index contributed by atoms with van der Waals surface area (Å²) < 4.78 is 4.94. The summed E-state index contributed by atoms with van der Waals surface area (Å²) in [7, 11) is 0. The van der Waals surface area contributed by atoms with Gasteiger partial charge >= 0.3 is 5.97 Å². The topological polar surface area (TPSA) is 125 Å². The van der Waals surface area contributed by atoms with Gasteiger partial charge in [0, 0.05) is 0 Å². The van der Waals surface area contributed by atoms with Crippen molar-refractivity contribution in [1.29, 1.82) is 0 Å². The normalized spacial score (nSPS) is 11.7. The summed E-state index contributed by atoms with van der Waals surface area (Å²) in [6.45, 7) is -0.442. The molecule has 0 radical (unpaired) electrons. The van der Waals surface area contributed by atoms with Gasteiger partial charge in [0.25, 0.3) is 5.09 Å². The van der Waals surface area contributed by atoms with Crippen LogP contribution in [0.5, 0.6) is 5.75 Å². The highest BCUT2D eigenvalue weighted by Gasteiger charge is 2.14. The maximum absolute atomic E-state index is 11.3. The highest BCUT2D eigenvalue weighted by atomic mass is 16.9. The summed E-state index contributed by atoms with van der Waals surface area (Å²) in [6.07, 6.45) is 1.12. The summed E-state index contributed by atoms with van der Waals surface area (Å²) in [5.74, 6) is -0.385. The van der Waals surface area contributed by atoms with Gasteiger partial charge in [-0.2, -0.15) is 0 Å². The number of benzene rings is 1. The Morgan fingerprint density at radius 3 is 2.60 bits per heavy atom. The lowest BCUT2D eigenvalue weighted by atomic mass is 10.1. The minimum absolute atomic E-state index is 0.0368. The van der Waals surface area contributed by atoms with Crippen molar-refractivity contribution in [3.05, 3.63) is 39.9 Å². The first-order valence-corrected chi connectivity index (χ1v) is 5.97. The fraction of sp³-hybridized carbons (Fsp3) is 0.417. The fourth-order valence-corrected chi connectivity index (χ4v) is 1.41. The molecule has 0 aromatic heterocycles. The molecule has 1 aromatic rings. The van der Waals surface area contributed by atoms with Crippen LogP contribution in [-0.2, 0) is 16.1 Å². The van der Waals surface area contributed by atoms with Gasteiger partial charge in [0.15, 0.2) is 0 Å². The van der Waals surface area contributed by atoms with Gasteiger partial charge in [0.05, 0.1) is 13.2 Å². The fourth-order valence-electron chi connectivity index (χ4n) is 1.41. The molecule has 8 heteroatoms. The minimum Gasteiger partial charge on any atom is -0.425 e. The number of aliphatic hydroxyl groups excluding tert-OH is 1. The molecule has 0 fully saturated rings. The summed E-state index contributed by atoms with van der Waals surface area (Å²) in [5.41, 5.74) is 6.24. The molecule has 0 aliphatic carbocycles. The smallest absolute Gasteiger partial charge is 0.330 e. The van der Waals surface area contributed by atoms with E-state index < -0.39 is 23.7 Å². The van der Waals surface area contributed by atoms with Gasteiger partial charge in [0.1, 0.15) is 11.8 Å². The van der Waals surface area contributed by atoms with Gasteiger partial charge in [-0.3, -0.25) is 0 Å². The van der Waals surface area contributed by atoms with Crippen LogP contribution >= 0.6 is 0 Å². The Labute approximate surface area is 115 Å². The number of hydrogen-bond acceptors (Lipinski definition) is 7. The van der Waals surface area contributed by atoms with Crippen molar-refractivity contribution >= 4 is 5.97 Å². The van der Waals surface area contributed by atoms with Crippen LogP contribution in [0.1, 0.15) is 12.0 Å². The summed E-state index contributed by atoms with van der Waals surface area (Å²) in [4.78, 5) is 25.5. The molecule has 0 aliphatic heterocycles. The Morgan fingerprint density at radius 1 is 1.40 bits per heavy atom. The van der Waals surface area contributed by atoms with Crippen LogP contribution in [0.4, 0.5) is 0 Å². The predicted molar refractivity (Wildman–Crippen MR) is 68.4 cm³/mol. The lowest BCUT2D eigenvalue weighted by molar-refractivity contribution is -0.757. The Bertz CT molecular complexity index is 448. The number of aliphatic hydroxyl groups is 1. The zero-order valence-electron chi connectivity index (χ0n) is 10.7. The third kappa shape index (κ3) is 5.63. The third-order valence-electron chi connectivity index (χ3n) is 2.45. The summed E-state index contributed by atoms with van der Waals surface area (Å²) in [5, 5.41) is 17.8. The van der Waals surface area contributed by atoms with Crippen molar-refractivity contribution in [3.63, 3.8) is 0 Å². The van der Waals surface area contributed by atoms with Crippen LogP contribution in [0.25, 0.3) is 0 Å². The number of carbonyl (C=O) groups excluding carboxylic acids is 1. The molecule has 0 heterocycles. The quantitative estimate of drug-likeness (QED) is 0.227. The van der Waals surface area contributed by atoms with E-state index in [0.717, 1.165) is 5.56 Å². The molecule has 0 aliphatic rings. The number of ether oxygens (including phenoxy) is 1. The van der Waals surface area contributed by atoms with Gasteiger partial charge in [-0.25, -0.2) is 4.79 Å². The molecule has 0 saturated carbocycles. The van der Waals surface area contributed by atoms with Gasteiger partial charge in [-0.05, 0) is 30.5 Å². The van der Waals surface area contributed by atoms with Crippen LogP contribution < -0.4 is 10.5 Å². The maximum atomic E-state index is 11.3. The molecule has 8 nitrogen and oxygen atoms in total. The van der Waals surface area contributed by atoms with Crippen LogP contribution in [0.3, 0.4) is 0 Å². The van der Waals surface area contributed by atoms with Crippen molar-refractivity contribution in [3.8, 4) is 5.75 Å². The van der Waals surface area contributed by atoms with Gasteiger partial charge in [0.2, 0.25) is 0 Å². The van der Waals surface area contributed by atoms with Crippen LogP contribution in [0.2, 0.25) is 0 Å². The first-order chi connectivity index (χ1) is 9.52. The Morgan fingerprint density at radius 2 is 2.05 bits per heavy atom. The molecule has 0 bridgehead atoms. The molecular weight excluding hydrogens is 268 g/mol. The predicted octanol–water partition coefficient (Wildman–Crippen LogP) is 0.0525. The number of nitrogens with two attached hydrogens (primary N) is 1. The molecule has 3 N–H and O–H groups in total. The molecule has 0 spiro atoms. The molecule has 1 rings (SSSR count). The maximum Gasteiger partial charge on any atom is 0.330 e. The van der Waals surface area contributed by atoms with Crippen molar-refractivity contribution < 1.29 is 24.6 Å². The Hall–Kier alpha value is -2.19. The molecule has 1 unspecified atom stereocenters. The highest BCUT2D eigenvalue weighted by Crippen LogP contribution is 2.14. The molecular formula is C12H16N2O6. The average molecular weight is 284 g/mol. The first kappa shape index (κ1) is 15.9. The van der Waals surface area contributed by atoms with Gasteiger partial charge in [-0.1, -0.05) is 12.1 Å². The van der Waals surface area contributed by atoms with E-state index in [1.54, 1.807) is 24.3 Å². The zero-order chi connectivity index (χ0) is 15.0. The van der Waals surface area contributed by atoms with E-state index in [2.05, 4.69) is 4.84 Å². The lowest BCUT2D eigenvalue weighted by Crippen LogP contribution is -2.37. The molecule has 1 atom stereocenters. The second kappa shape index (κ2) is 8.08. The van der Waals surface area contributed by atoms with Crippen molar-refractivity contribution in [2.75, 3.05) is 13.2 Å². The number of carbonyl (C=O) groups is 1. The van der Waals surface area contributed by atoms with E-state index in [4.69, 9.17) is 15.6 Å². The monoisotopic (exact) mass is 284 g/mol. The van der Waals surface area contributed by atoms with Crippen molar-refractivity contribution in [1.82, 2.24) is 0 Å². The van der Waals surface area contributed by atoms with Crippen molar-refractivity contribution in [2.24, 2.45) is 5.73 Å². The van der Waals surface area contributed by atoms with Gasteiger partial charge in [-0.15, -0.1) is 10.1 Å². The number of hydrogen-bond donors (Lipinski definition) is 2. The molecule has 1 aromatic carbocycles. The minimum atomic E-state index is -1.06. The number of esters is 1. The molecule has 0 amide bonds. The summed E-state index contributed by atoms with van der Waals surface area (Å²) in [6, 6.07) is 5.59. The summed E-state index contributed by atoms with van der Waals surface area (Å²) >= 11 is 0. The average Bonchev–Trinajstić information content (AvgIpc) is 2.44. The standard InChI is InChI=1S/C12H16N2O6/c13-11(8-15)12(16)20-10-5-3-9(4-6-10)2-1-7-19-14(17)18/h3-6,11,15H,1-2,7-8,13H2. The molecule has 0 saturated heterocycles. The van der Waals surface area contributed by atoms with E-state index in [-0.39, 0.29) is 6.61 Å². The van der Waals surface area contributed by atoms with E-state index >= 15 is 0 Å².